The molecule has 1 aliphatic heterocycles. The number of aliphatic hydroxyl groups is 1. The lowest BCUT2D eigenvalue weighted by atomic mass is 10.1. The molecule has 2 unspecified atom stereocenters. The summed E-state index contributed by atoms with van der Waals surface area (Å²) in [6, 6.07) is 13.7. The number of amides is 2. The number of hydrogen-bond acceptors (Lipinski definition) is 5. The molecule has 2 aromatic rings. The summed E-state index contributed by atoms with van der Waals surface area (Å²) < 4.78 is 5.39. The zero-order valence-electron chi connectivity index (χ0n) is 15.4. The number of nitrogens with zero attached hydrogens (tertiary/aromatic N) is 1. The molecule has 1 fully saturated rings. The van der Waals surface area contributed by atoms with Gasteiger partial charge < -0.3 is 25.8 Å². The molecular weight excluding hydrogens is 360 g/mol. The molecular formula is C20H22N4O4. The molecule has 146 valence electrons. The van der Waals surface area contributed by atoms with Crippen LogP contribution in [0.2, 0.25) is 0 Å². The average molecular weight is 382 g/mol. The molecule has 0 spiro atoms. The maximum Gasteiger partial charge on any atom is 0.259 e. The number of hydrogen-bond donors (Lipinski definition) is 4. The van der Waals surface area contributed by atoms with E-state index in [2.05, 4.69) is 5.32 Å². The summed E-state index contributed by atoms with van der Waals surface area (Å²) in [5.74, 6) is -1.31. The number of benzene rings is 2. The lowest BCUT2D eigenvalue weighted by Gasteiger charge is -2.34. The van der Waals surface area contributed by atoms with Gasteiger partial charge in [-0.05, 0) is 43.3 Å². The van der Waals surface area contributed by atoms with Crippen LogP contribution in [0, 0.1) is 12.3 Å². The summed E-state index contributed by atoms with van der Waals surface area (Å²) in [4.78, 5) is 26.6. The molecule has 8 heteroatoms. The highest BCUT2D eigenvalue weighted by molar-refractivity contribution is 6.04. The maximum atomic E-state index is 12.8. The molecule has 2 amide bonds. The van der Waals surface area contributed by atoms with Gasteiger partial charge in [-0.3, -0.25) is 15.0 Å². The molecule has 2 aromatic carbocycles. The zero-order chi connectivity index (χ0) is 20.3. The van der Waals surface area contributed by atoms with E-state index >= 15 is 0 Å². The van der Waals surface area contributed by atoms with E-state index in [0.717, 1.165) is 5.56 Å². The Morgan fingerprint density at radius 1 is 1.25 bits per heavy atom. The van der Waals surface area contributed by atoms with Crippen LogP contribution < -0.4 is 16.0 Å². The number of anilines is 2. The smallest absolute Gasteiger partial charge is 0.259 e. The number of ether oxygens (including phenoxy) is 1. The molecule has 0 aliphatic carbocycles. The SMILES string of the molecule is Cc1ccc(N2CCOC(C(O)C(=O)Nc3ccc(C(=N)N)cc3)C2=O)cc1. The van der Waals surface area contributed by atoms with E-state index < -0.39 is 24.0 Å². The quantitative estimate of drug-likeness (QED) is 0.453. The minimum atomic E-state index is -1.66. The minimum Gasteiger partial charge on any atom is -0.384 e. The van der Waals surface area contributed by atoms with Crippen LogP contribution in [-0.4, -0.2) is 48.1 Å². The van der Waals surface area contributed by atoms with E-state index in [9.17, 15) is 14.7 Å². The van der Waals surface area contributed by atoms with E-state index in [0.29, 0.717) is 23.5 Å². The summed E-state index contributed by atoms with van der Waals surface area (Å²) in [5.41, 5.74) is 8.07. The second-order valence-corrected chi connectivity index (χ2v) is 6.54. The van der Waals surface area contributed by atoms with Gasteiger partial charge in [-0.25, -0.2) is 0 Å². The van der Waals surface area contributed by atoms with Gasteiger partial charge in [0.2, 0.25) is 0 Å². The van der Waals surface area contributed by atoms with E-state index in [1.807, 2.05) is 31.2 Å². The first-order chi connectivity index (χ1) is 13.4. The van der Waals surface area contributed by atoms with Gasteiger partial charge in [0, 0.05) is 23.5 Å². The Hall–Kier alpha value is -3.23. The minimum absolute atomic E-state index is 0.0877. The summed E-state index contributed by atoms with van der Waals surface area (Å²) in [6.07, 6.45) is -2.94. The van der Waals surface area contributed by atoms with Gasteiger partial charge in [-0.15, -0.1) is 0 Å². The fourth-order valence-electron chi connectivity index (χ4n) is 2.90. The number of morpholine rings is 1. The maximum absolute atomic E-state index is 12.8. The van der Waals surface area contributed by atoms with Crippen molar-refractivity contribution in [1.82, 2.24) is 0 Å². The van der Waals surface area contributed by atoms with Crippen LogP contribution in [0.1, 0.15) is 11.1 Å². The Bertz CT molecular complexity index is 880. The molecule has 8 nitrogen and oxygen atoms in total. The zero-order valence-corrected chi connectivity index (χ0v) is 15.4. The van der Waals surface area contributed by atoms with Crippen LogP contribution in [0.25, 0.3) is 0 Å². The van der Waals surface area contributed by atoms with Crippen molar-refractivity contribution in [3.63, 3.8) is 0 Å². The number of nitrogens with two attached hydrogens (primary N) is 1. The Morgan fingerprint density at radius 3 is 2.50 bits per heavy atom. The number of carbonyl (C=O) groups excluding carboxylic acids is 2. The van der Waals surface area contributed by atoms with Crippen LogP contribution in [0.5, 0.6) is 0 Å². The molecule has 1 heterocycles. The Kier molecular flexibility index (Phi) is 5.72. The van der Waals surface area contributed by atoms with Crippen molar-refractivity contribution in [2.24, 2.45) is 5.73 Å². The lowest BCUT2D eigenvalue weighted by Crippen LogP contribution is -2.55. The first-order valence-corrected chi connectivity index (χ1v) is 8.80. The van der Waals surface area contributed by atoms with Crippen molar-refractivity contribution in [1.29, 1.82) is 5.41 Å². The third-order valence-corrected chi connectivity index (χ3v) is 4.49. The predicted octanol–water partition coefficient (Wildman–Crippen LogP) is 1.01. The average Bonchev–Trinajstić information content (AvgIpc) is 2.69. The molecule has 1 aliphatic rings. The van der Waals surface area contributed by atoms with Gasteiger partial charge in [0.1, 0.15) is 5.84 Å². The first kappa shape index (κ1) is 19.5. The fourth-order valence-corrected chi connectivity index (χ4v) is 2.90. The van der Waals surface area contributed by atoms with Crippen molar-refractivity contribution in [3.05, 3.63) is 59.7 Å². The number of amidine groups is 1. The molecule has 28 heavy (non-hydrogen) atoms. The highest BCUT2D eigenvalue weighted by Crippen LogP contribution is 2.21. The van der Waals surface area contributed by atoms with Crippen LogP contribution in [0.3, 0.4) is 0 Å². The highest BCUT2D eigenvalue weighted by atomic mass is 16.5. The number of aryl methyl sites for hydroxylation is 1. The van der Waals surface area contributed by atoms with Gasteiger partial charge in [0.15, 0.2) is 12.2 Å². The first-order valence-electron chi connectivity index (χ1n) is 8.80. The number of carbonyl (C=O) groups is 2. The van der Waals surface area contributed by atoms with E-state index in [4.69, 9.17) is 15.9 Å². The van der Waals surface area contributed by atoms with Gasteiger partial charge in [0.25, 0.3) is 11.8 Å². The summed E-state index contributed by atoms with van der Waals surface area (Å²) in [5, 5.41) is 20.3. The van der Waals surface area contributed by atoms with E-state index in [-0.39, 0.29) is 12.4 Å². The summed E-state index contributed by atoms with van der Waals surface area (Å²) >= 11 is 0. The molecule has 0 saturated carbocycles. The van der Waals surface area contributed by atoms with Crippen molar-refractivity contribution in [3.8, 4) is 0 Å². The summed E-state index contributed by atoms with van der Waals surface area (Å²) in [6.45, 7) is 2.51. The fraction of sp³-hybridized carbons (Fsp3) is 0.250. The van der Waals surface area contributed by atoms with Crippen LogP contribution >= 0.6 is 0 Å². The number of aliphatic hydroxyl groups excluding tert-OH is 1. The number of nitrogen functional groups attached to an aromatic ring is 1. The topological polar surface area (TPSA) is 129 Å². The van der Waals surface area contributed by atoms with Gasteiger partial charge >= 0.3 is 0 Å². The van der Waals surface area contributed by atoms with E-state index in [1.54, 1.807) is 24.3 Å². The van der Waals surface area contributed by atoms with Crippen molar-refractivity contribution < 1.29 is 19.4 Å². The molecule has 3 rings (SSSR count). The molecule has 0 radical (unpaired) electrons. The van der Waals surface area contributed by atoms with Gasteiger partial charge in [0.05, 0.1) is 6.61 Å². The normalized spacial score (nSPS) is 17.9. The Balaban J connectivity index is 1.69. The molecule has 0 aromatic heterocycles. The van der Waals surface area contributed by atoms with Crippen molar-refractivity contribution >= 4 is 29.0 Å². The van der Waals surface area contributed by atoms with Crippen molar-refractivity contribution in [2.75, 3.05) is 23.4 Å². The van der Waals surface area contributed by atoms with Crippen molar-refractivity contribution in [2.45, 2.75) is 19.1 Å². The van der Waals surface area contributed by atoms with Gasteiger partial charge in [-0.1, -0.05) is 17.7 Å². The third-order valence-electron chi connectivity index (χ3n) is 4.49. The Labute approximate surface area is 162 Å². The molecule has 5 N–H and O–H groups in total. The largest absolute Gasteiger partial charge is 0.384 e. The van der Waals surface area contributed by atoms with Crippen LogP contribution in [0.15, 0.2) is 48.5 Å². The Morgan fingerprint density at radius 2 is 1.89 bits per heavy atom. The second-order valence-electron chi connectivity index (χ2n) is 6.54. The predicted molar refractivity (Wildman–Crippen MR) is 105 cm³/mol. The molecule has 1 saturated heterocycles. The molecule has 2 atom stereocenters. The second kappa shape index (κ2) is 8.20. The standard InChI is InChI=1S/C20H22N4O4/c1-12-2-8-15(9-3-12)24-10-11-28-17(20(24)27)16(25)19(26)23-14-6-4-13(5-7-14)18(21)22/h2-9,16-17,25H,10-11H2,1H3,(H3,21,22)(H,23,26). The number of nitrogens with one attached hydrogen (secondary N) is 2. The molecule has 0 bridgehead atoms. The number of rotatable bonds is 5. The van der Waals surface area contributed by atoms with Crippen LogP contribution in [-0.2, 0) is 14.3 Å². The van der Waals surface area contributed by atoms with E-state index in [1.165, 1.54) is 4.90 Å². The highest BCUT2D eigenvalue weighted by Gasteiger charge is 2.39. The van der Waals surface area contributed by atoms with Gasteiger partial charge in [-0.2, -0.15) is 0 Å². The lowest BCUT2D eigenvalue weighted by molar-refractivity contribution is -0.150. The monoisotopic (exact) mass is 382 g/mol. The third kappa shape index (κ3) is 4.19. The summed E-state index contributed by atoms with van der Waals surface area (Å²) in [7, 11) is 0. The van der Waals surface area contributed by atoms with Crippen LogP contribution in [0.4, 0.5) is 11.4 Å².